The molecule has 30 heavy (non-hydrogen) atoms. The number of rotatable bonds is 7. The van der Waals surface area contributed by atoms with Gasteiger partial charge in [-0.15, -0.1) is 0 Å². The predicted octanol–water partition coefficient (Wildman–Crippen LogP) is 3.95. The zero-order valence-electron chi connectivity index (χ0n) is 17.5. The van der Waals surface area contributed by atoms with Crippen LogP contribution in [0.15, 0.2) is 57.8 Å². The van der Waals surface area contributed by atoms with Crippen molar-refractivity contribution in [2.24, 2.45) is 5.92 Å². The molecule has 0 bridgehead atoms. The van der Waals surface area contributed by atoms with E-state index >= 15 is 0 Å². The lowest BCUT2D eigenvalue weighted by atomic mass is 9.90. The molecule has 0 aliphatic carbocycles. The zero-order chi connectivity index (χ0) is 20.9. The van der Waals surface area contributed by atoms with Gasteiger partial charge >= 0.3 is 0 Å². The van der Waals surface area contributed by atoms with Crippen LogP contribution in [0.4, 0.5) is 0 Å². The molecule has 7 heteroatoms. The fourth-order valence-electron chi connectivity index (χ4n) is 4.00. The summed E-state index contributed by atoms with van der Waals surface area (Å²) >= 11 is 0. The van der Waals surface area contributed by atoms with E-state index in [1.54, 1.807) is 24.1 Å². The standard InChI is InChI=1S/C23H28N4O3/c1-17(21-10-13-29-24-21)26(2)23(28)22-15-20(30-25-22)16-27-11-8-19(9-12-27)14-18-6-4-3-5-7-18/h3-7,10,13,15,17,19H,8-9,11-12,14,16H2,1-2H3/t17-/m1/s1. The molecule has 3 heterocycles. The van der Waals surface area contributed by atoms with Gasteiger partial charge in [0.05, 0.1) is 12.6 Å². The molecule has 1 saturated heterocycles. The fraction of sp³-hybridized carbons (Fsp3) is 0.435. The molecular formula is C23H28N4O3. The Morgan fingerprint density at radius 1 is 1.20 bits per heavy atom. The van der Waals surface area contributed by atoms with E-state index in [9.17, 15) is 4.79 Å². The van der Waals surface area contributed by atoms with E-state index in [4.69, 9.17) is 9.05 Å². The molecule has 1 aliphatic heterocycles. The van der Waals surface area contributed by atoms with Crippen LogP contribution in [0, 0.1) is 5.92 Å². The Kier molecular flexibility index (Phi) is 6.28. The summed E-state index contributed by atoms with van der Waals surface area (Å²) in [6.07, 6.45) is 4.99. The van der Waals surface area contributed by atoms with Gasteiger partial charge in [-0.05, 0) is 50.8 Å². The van der Waals surface area contributed by atoms with Gasteiger partial charge in [-0.1, -0.05) is 40.6 Å². The Morgan fingerprint density at radius 3 is 2.67 bits per heavy atom. The molecule has 0 N–H and O–H groups in total. The van der Waals surface area contributed by atoms with E-state index in [1.165, 1.54) is 24.7 Å². The van der Waals surface area contributed by atoms with Crippen molar-refractivity contribution in [3.05, 3.63) is 71.4 Å². The van der Waals surface area contributed by atoms with Gasteiger partial charge in [0, 0.05) is 19.2 Å². The highest BCUT2D eigenvalue weighted by Gasteiger charge is 2.25. The second-order valence-electron chi connectivity index (χ2n) is 8.10. The van der Waals surface area contributed by atoms with Crippen molar-refractivity contribution in [2.75, 3.05) is 20.1 Å². The van der Waals surface area contributed by atoms with Crippen LogP contribution in [-0.4, -0.2) is 46.2 Å². The molecule has 1 fully saturated rings. The SMILES string of the molecule is C[C@H](c1ccon1)N(C)C(=O)c1cc(CN2CCC(Cc3ccccc3)CC2)on1. The Bertz CT molecular complexity index is 931. The third kappa shape index (κ3) is 4.79. The molecule has 1 aromatic carbocycles. The molecule has 7 nitrogen and oxygen atoms in total. The van der Waals surface area contributed by atoms with Gasteiger partial charge in [-0.25, -0.2) is 0 Å². The quantitative estimate of drug-likeness (QED) is 0.589. The third-order valence-electron chi connectivity index (χ3n) is 6.02. The van der Waals surface area contributed by atoms with Crippen molar-refractivity contribution in [2.45, 2.75) is 38.8 Å². The van der Waals surface area contributed by atoms with E-state index in [1.807, 2.05) is 6.92 Å². The molecule has 1 atom stereocenters. The van der Waals surface area contributed by atoms with E-state index < -0.39 is 0 Å². The summed E-state index contributed by atoms with van der Waals surface area (Å²) in [6.45, 7) is 4.65. The summed E-state index contributed by atoms with van der Waals surface area (Å²) in [7, 11) is 1.73. The highest BCUT2D eigenvalue weighted by molar-refractivity contribution is 5.92. The van der Waals surface area contributed by atoms with Gasteiger partial charge in [0.15, 0.2) is 11.5 Å². The highest BCUT2D eigenvalue weighted by atomic mass is 16.5. The average Bonchev–Trinajstić information content (AvgIpc) is 3.47. The van der Waals surface area contributed by atoms with Crippen LogP contribution in [0.5, 0.6) is 0 Å². The van der Waals surface area contributed by atoms with Crippen LogP contribution in [0.3, 0.4) is 0 Å². The third-order valence-corrected chi connectivity index (χ3v) is 6.02. The van der Waals surface area contributed by atoms with Crippen molar-refractivity contribution in [1.29, 1.82) is 0 Å². The second-order valence-corrected chi connectivity index (χ2v) is 8.10. The number of amides is 1. The Labute approximate surface area is 176 Å². The molecule has 0 saturated carbocycles. The van der Waals surface area contributed by atoms with Crippen molar-refractivity contribution in [3.63, 3.8) is 0 Å². The van der Waals surface area contributed by atoms with Crippen LogP contribution >= 0.6 is 0 Å². The summed E-state index contributed by atoms with van der Waals surface area (Å²) in [5, 5.41) is 7.91. The molecule has 0 radical (unpaired) electrons. The minimum atomic E-state index is -0.208. The summed E-state index contributed by atoms with van der Waals surface area (Å²) < 4.78 is 10.3. The number of likely N-dealkylation sites (tertiary alicyclic amines) is 1. The molecule has 158 valence electrons. The molecule has 0 spiro atoms. The summed E-state index contributed by atoms with van der Waals surface area (Å²) in [5.74, 6) is 1.26. The summed E-state index contributed by atoms with van der Waals surface area (Å²) in [5.41, 5.74) is 2.44. The van der Waals surface area contributed by atoms with Crippen LogP contribution in [0.25, 0.3) is 0 Å². The van der Waals surface area contributed by atoms with Gasteiger partial charge < -0.3 is 13.9 Å². The van der Waals surface area contributed by atoms with Crippen molar-refractivity contribution in [3.8, 4) is 0 Å². The zero-order valence-corrected chi connectivity index (χ0v) is 17.5. The van der Waals surface area contributed by atoms with E-state index in [2.05, 4.69) is 45.5 Å². The van der Waals surface area contributed by atoms with Crippen molar-refractivity contribution < 1.29 is 13.8 Å². The largest absolute Gasteiger partial charge is 0.364 e. The number of aromatic nitrogens is 2. The van der Waals surface area contributed by atoms with Gasteiger partial charge in [0.2, 0.25) is 0 Å². The Morgan fingerprint density at radius 2 is 1.97 bits per heavy atom. The van der Waals surface area contributed by atoms with Gasteiger partial charge in [-0.2, -0.15) is 0 Å². The van der Waals surface area contributed by atoms with E-state index in [0.717, 1.165) is 31.2 Å². The maximum atomic E-state index is 12.7. The Hall–Kier alpha value is -2.93. The number of nitrogens with zero attached hydrogens (tertiary/aromatic N) is 4. The minimum Gasteiger partial charge on any atom is -0.364 e. The van der Waals surface area contributed by atoms with E-state index in [-0.39, 0.29) is 11.9 Å². The fourth-order valence-corrected chi connectivity index (χ4v) is 4.00. The molecule has 2 aromatic heterocycles. The molecule has 3 aromatic rings. The lowest BCUT2D eigenvalue weighted by Gasteiger charge is -2.31. The van der Waals surface area contributed by atoms with Crippen molar-refractivity contribution in [1.82, 2.24) is 20.1 Å². The second kappa shape index (κ2) is 9.26. The number of benzene rings is 1. The maximum absolute atomic E-state index is 12.7. The van der Waals surface area contributed by atoms with Gasteiger partial charge in [0.25, 0.3) is 5.91 Å². The number of carbonyl (C=O) groups excluding carboxylic acids is 1. The van der Waals surface area contributed by atoms with Crippen molar-refractivity contribution >= 4 is 5.91 Å². The van der Waals surface area contributed by atoms with Crippen LogP contribution < -0.4 is 0 Å². The first kappa shape index (κ1) is 20.3. The molecular weight excluding hydrogens is 380 g/mol. The normalized spacial score (nSPS) is 16.5. The first-order chi connectivity index (χ1) is 14.6. The lowest BCUT2D eigenvalue weighted by molar-refractivity contribution is 0.0727. The number of carbonyl (C=O) groups is 1. The van der Waals surface area contributed by atoms with Gasteiger partial charge in [-0.3, -0.25) is 9.69 Å². The molecule has 1 amide bonds. The maximum Gasteiger partial charge on any atom is 0.276 e. The Balaban J connectivity index is 1.28. The number of piperidine rings is 1. The first-order valence-electron chi connectivity index (χ1n) is 10.5. The van der Waals surface area contributed by atoms with E-state index in [0.29, 0.717) is 17.9 Å². The van der Waals surface area contributed by atoms with Crippen LogP contribution in [0.1, 0.15) is 53.3 Å². The molecule has 1 aliphatic rings. The van der Waals surface area contributed by atoms with Crippen LogP contribution in [0.2, 0.25) is 0 Å². The monoisotopic (exact) mass is 408 g/mol. The lowest BCUT2D eigenvalue weighted by Crippen LogP contribution is -2.33. The predicted molar refractivity (Wildman–Crippen MR) is 112 cm³/mol. The summed E-state index contributed by atoms with van der Waals surface area (Å²) in [4.78, 5) is 16.7. The topological polar surface area (TPSA) is 75.6 Å². The molecule has 0 unspecified atom stereocenters. The first-order valence-corrected chi connectivity index (χ1v) is 10.5. The smallest absolute Gasteiger partial charge is 0.276 e. The van der Waals surface area contributed by atoms with Crippen LogP contribution in [-0.2, 0) is 13.0 Å². The number of hydrogen-bond donors (Lipinski definition) is 0. The van der Waals surface area contributed by atoms with Gasteiger partial charge in [0.1, 0.15) is 12.0 Å². The highest BCUT2D eigenvalue weighted by Crippen LogP contribution is 2.24. The summed E-state index contributed by atoms with van der Waals surface area (Å²) in [6, 6.07) is 14.0. The average molecular weight is 409 g/mol. The minimum absolute atomic E-state index is 0.193. The molecule has 4 rings (SSSR count). The number of hydrogen-bond acceptors (Lipinski definition) is 6.